The Labute approximate surface area is 60.2 Å². The van der Waals surface area contributed by atoms with Gasteiger partial charge in [0.15, 0.2) is 0 Å². The van der Waals surface area contributed by atoms with E-state index in [-0.39, 0.29) is 11.9 Å². The number of ether oxygens (including phenoxy) is 1. The van der Waals surface area contributed by atoms with Crippen LogP contribution in [0, 0.1) is 5.92 Å². The zero-order chi connectivity index (χ0) is 7.56. The molecule has 1 saturated heterocycles. The van der Waals surface area contributed by atoms with Gasteiger partial charge in [-0.05, 0) is 6.42 Å². The summed E-state index contributed by atoms with van der Waals surface area (Å²) in [4.78, 5) is 10.7. The van der Waals surface area contributed by atoms with E-state index >= 15 is 0 Å². The van der Waals surface area contributed by atoms with E-state index in [1.165, 1.54) is 0 Å². The van der Waals surface area contributed by atoms with Crippen molar-refractivity contribution in [3.63, 3.8) is 0 Å². The molecule has 54 valence electrons. The molecule has 10 heavy (non-hydrogen) atoms. The topological polar surface area (TPSA) is 26.3 Å². The predicted molar refractivity (Wildman–Crippen MR) is 38.4 cm³/mol. The van der Waals surface area contributed by atoms with E-state index in [9.17, 15) is 4.79 Å². The van der Waals surface area contributed by atoms with Crippen LogP contribution in [0.3, 0.4) is 0 Å². The predicted octanol–water partition coefficient (Wildman–Crippen LogP) is 1.29. The maximum absolute atomic E-state index is 10.7. The lowest BCUT2D eigenvalue weighted by Gasteiger charge is -1.99. The summed E-state index contributed by atoms with van der Waals surface area (Å²) in [6.45, 7) is 7.66. The number of hydrogen-bond donors (Lipinski definition) is 0. The Morgan fingerprint density at radius 3 is 2.90 bits per heavy atom. The standard InChI is InChI=1S/C8H10O2/c1-3-4-7-5-10-8(9)6(7)2/h3,7H,1-2,4-5H2. The number of hydrogen-bond acceptors (Lipinski definition) is 2. The molecule has 1 aliphatic heterocycles. The summed E-state index contributed by atoms with van der Waals surface area (Å²) in [5, 5.41) is 0. The highest BCUT2D eigenvalue weighted by Gasteiger charge is 2.26. The smallest absolute Gasteiger partial charge is 0.333 e. The summed E-state index contributed by atoms with van der Waals surface area (Å²) < 4.78 is 4.74. The SMILES string of the molecule is C=CCC1COC(=O)C1=C. The van der Waals surface area contributed by atoms with Gasteiger partial charge in [-0.2, -0.15) is 0 Å². The normalized spacial score (nSPS) is 24.6. The van der Waals surface area contributed by atoms with Crippen molar-refractivity contribution in [1.29, 1.82) is 0 Å². The number of cyclic esters (lactones) is 1. The molecule has 0 radical (unpaired) electrons. The number of carbonyl (C=O) groups excluding carboxylic acids is 1. The molecule has 0 N–H and O–H groups in total. The van der Waals surface area contributed by atoms with Crippen LogP contribution in [-0.2, 0) is 9.53 Å². The van der Waals surface area contributed by atoms with Gasteiger partial charge >= 0.3 is 5.97 Å². The van der Waals surface area contributed by atoms with E-state index in [1.807, 2.05) is 0 Å². The number of carbonyl (C=O) groups is 1. The first-order valence-corrected chi connectivity index (χ1v) is 3.22. The van der Waals surface area contributed by atoms with Crippen LogP contribution >= 0.6 is 0 Å². The molecule has 0 aliphatic carbocycles. The lowest BCUT2D eigenvalue weighted by molar-refractivity contribution is -0.135. The molecular weight excluding hydrogens is 128 g/mol. The van der Waals surface area contributed by atoms with E-state index in [0.717, 1.165) is 6.42 Å². The third kappa shape index (κ3) is 1.10. The molecule has 0 bridgehead atoms. The molecule has 1 heterocycles. The fourth-order valence-corrected chi connectivity index (χ4v) is 0.948. The van der Waals surface area contributed by atoms with E-state index in [4.69, 9.17) is 4.74 Å². The highest BCUT2D eigenvalue weighted by molar-refractivity contribution is 5.90. The molecule has 0 saturated carbocycles. The zero-order valence-corrected chi connectivity index (χ0v) is 5.80. The highest BCUT2D eigenvalue weighted by atomic mass is 16.5. The average molecular weight is 138 g/mol. The Kier molecular flexibility index (Phi) is 1.90. The Hall–Kier alpha value is -1.05. The zero-order valence-electron chi connectivity index (χ0n) is 5.80. The van der Waals surface area contributed by atoms with Gasteiger partial charge in [-0.25, -0.2) is 4.79 Å². The summed E-state index contributed by atoms with van der Waals surface area (Å²) in [6.07, 6.45) is 2.56. The van der Waals surface area contributed by atoms with Crippen LogP contribution in [0.1, 0.15) is 6.42 Å². The molecule has 1 unspecified atom stereocenters. The van der Waals surface area contributed by atoms with Crippen molar-refractivity contribution >= 4 is 5.97 Å². The molecule has 2 nitrogen and oxygen atoms in total. The molecule has 1 aliphatic rings. The molecule has 0 spiro atoms. The number of esters is 1. The van der Waals surface area contributed by atoms with Gasteiger partial charge in [0.1, 0.15) is 0 Å². The van der Waals surface area contributed by atoms with Crippen molar-refractivity contribution in [1.82, 2.24) is 0 Å². The fraction of sp³-hybridized carbons (Fsp3) is 0.375. The fourth-order valence-electron chi connectivity index (χ4n) is 0.948. The van der Waals surface area contributed by atoms with E-state index in [0.29, 0.717) is 12.2 Å². The summed E-state index contributed by atoms with van der Waals surface area (Å²) >= 11 is 0. The summed E-state index contributed by atoms with van der Waals surface area (Å²) in [5.41, 5.74) is 0.583. The first kappa shape index (κ1) is 7.06. The van der Waals surface area contributed by atoms with Crippen LogP contribution in [0.4, 0.5) is 0 Å². The lowest BCUT2D eigenvalue weighted by Crippen LogP contribution is -1.99. The maximum atomic E-state index is 10.7. The van der Waals surface area contributed by atoms with Crippen molar-refractivity contribution in [3.05, 3.63) is 24.8 Å². The molecule has 0 aromatic carbocycles. The van der Waals surface area contributed by atoms with Gasteiger partial charge in [0.25, 0.3) is 0 Å². The van der Waals surface area contributed by atoms with Gasteiger partial charge in [-0.3, -0.25) is 0 Å². The number of allylic oxidation sites excluding steroid dienone is 1. The number of rotatable bonds is 2. The summed E-state index contributed by atoms with van der Waals surface area (Å²) in [6, 6.07) is 0. The van der Waals surface area contributed by atoms with Crippen molar-refractivity contribution < 1.29 is 9.53 Å². The van der Waals surface area contributed by atoms with E-state index in [1.54, 1.807) is 6.08 Å². The largest absolute Gasteiger partial charge is 0.462 e. The second kappa shape index (κ2) is 2.69. The highest BCUT2D eigenvalue weighted by Crippen LogP contribution is 2.22. The van der Waals surface area contributed by atoms with Gasteiger partial charge in [-0.15, -0.1) is 6.58 Å². The van der Waals surface area contributed by atoms with Crippen LogP contribution < -0.4 is 0 Å². The second-order valence-corrected chi connectivity index (χ2v) is 2.35. The van der Waals surface area contributed by atoms with Crippen molar-refractivity contribution in [2.24, 2.45) is 5.92 Å². The molecule has 0 aromatic rings. The Balaban J connectivity index is 2.57. The molecule has 1 rings (SSSR count). The van der Waals surface area contributed by atoms with E-state index in [2.05, 4.69) is 13.2 Å². The van der Waals surface area contributed by atoms with Gasteiger partial charge in [0.05, 0.1) is 6.61 Å². The van der Waals surface area contributed by atoms with Crippen LogP contribution in [0.15, 0.2) is 24.8 Å². The minimum absolute atomic E-state index is 0.171. The molecule has 0 aromatic heterocycles. The van der Waals surface area contributed by atoms with Gasteiger partial charge < -0.3 is 4.74 Å². The van der Waals surface area contributed by atoms with Crippen molar-refractivity contribution in [2.45, 2.75) is 6.42 Å². The van der Waals surface area contributed by atoms with Crippen molar-refractivity contribution in [3.8, 4) is 0 Å². The molecule has 0 amide bonds. The minimum atomic E-state index is -0.258. The monoisotopic (exact) mass is 138 g/mol. The summed E-state index contributed by atoms with van der Waals surface area (Å²) in [7, 11) is 0. The maximum Gasteiger partial charge on any atom is 0.333 e. The molecule has 2 heteroatoms. The average Bonchev–Trinajstić information content (AvgIpc) is 2.20. The molecular formula is C8H10O2. The second-order valence-electron chi connectivity index (χ2n) is 2.35. The molecule has 1 atom stereocenters. The van der Waals surface area contributed by atoms with Crippen LogP contribution in [0.5, 0.6) is 0 Å². The van der Waals surface area contributed by atoms with Crippen LogP contribution in [0.25, 0.3) is 0 Å². The van der Waals surface area contributed by atoms with Crippen molar-refractivity contribution in [2.75, 3.05) is 6.61 Å². The first-order chi connectivity index (χ1) is 4.75. The minimum Gasteiger partial charge on any atom is -0.462 e. The Morgan fingerprint density at radius 1 is 1.80 bits per heavy atom. The molecule has 1 fully saturated rings. The first-order valence-electron chi connectivity index (χ1n) is 3.22. The van der Waals surface area contributed by atoms with Crippen LogP contribution in [0.2, 0.25) is 0 Å². The van der Waals surface area contributed by atoms with Crippen LogP contribution in [-0.4, -0.2) is 12.6 Å². The summed E-state index contributed by atoms with van der Waals surface area (Å²) in [5.74, 6) is -0.0862. The quantitative estimate of drug-likeness (QED) is 0.326. The van der Waals surface area contributed by atoms with Gasteiger partial charge in [0, 0.05) is 11.5 Å². The lowest BCUT2D eigenvalue weighted by atomic mass is 10.0. The third-order valence-corrected chi connectivity index (χ3v) is 1.62. The Bertz CT molecular complexity index is 182. The Morgan fingerprint density at radius 2 is 2.50 bits per heavy atom. The van der Waals surface area contributed by atoms with Gasteiger partial charge in [0.2, 0.25) is 0 Å². The third-order valence-electron chi connectivity index (χ3n) is 1.62. The van der Waals surface area contributed by atoms with Gasteiger partial charge in [-0.1, -0.05) is 12.7 Å². The van der Waals surface area contributed by atoms with E-state index < -0.39 is 0 Å².